The molecule has 2 aromatic carbocycles. The number of nitrogens with zero attached hydrogens (tertiary/aromatic N) is 3. The molecule has 2 heterocycles. The molecule has 4 aromatic rings. The van der Waals surface area contributed by atoms with E-state index in [4.69, 9.17) is 0 Å². The summed E-state index contributed by atoms with van der Waals surface area (Å²) in [6.45, 7) is 3.95. The minimum absolute atomic E-state index is 0.150. The van der Waals surface area contributed by atoms with Crippen LogP contribution in [0.3, 0.4) is 0 Å². The Morgan fingerprint density at radius 2 is 1.83 bits per heavy atom. The lowest BCUT2D eigenvalue weighted by Crippen LogP contribution is -2.12. The zero-order valence-corrected chi connectivity index (χ0v) is 16.8. The number of anilines is 3. The first-order valence-corrected chi connectivity index (χ1v) is 9.57. The molecule has 0 saturated carbocycles. The van der Waals surface area contributed by atoms with E-state index in [-0.39, 0.29) is 5.91 Å². The Morgan fingerprint density at radius 3 is 2.63 bits per heavy atom. The van der Waals surface area contributed by atoms with Gasteiger partial charge < -0.3 is 10.6 Å². The highest BCUT2D eigenvalue weighted by atomic mass is 16.1. The first kappa shape index (κ1) is 19.3. The molecule has 30 heavy (non-hydrogen) atoms. The molecule has 2 N–H and O–H groups in total. The van der Waals surface area contributed by atoms with Crippen molar-refractivity contribution >= 4 is 23.2 Å². The van der Waals surface area contributed by atoms with Gasteiger partial charge >= 0.3 is 0 Å². The van der Waals surface area contributed by atoms with Crippen molar-refractivity contribution in [3.8, 4) is 11.3 Å². The van der Waals surface area contributed by atoms with E-state index in [0.717, 1.165) is 28.1 Å². The van der Waals surface area contributed by atoms with Crippen LogP contribution < -0.4 is 10.6 Å². The summed E-state index contributed by atoms with van der Waals surface area (Å²) in [5, 5.41) is 6.20. The number of carbonyl (C=O) groups excluding carboxylic acids is 1. The van der Waals surface area contributed by atoms with Gasteiger partial charge in [0.1, 0.15) is 0 Å². The second kappa shape index (κ2) is 8.53. The van der Waals surface area contributed by atoms with Crippen molar-refractivity contribution in [3.63, 3.8) is 0 Å². The largest absolute Gasteiger partial charge is 0.324 e. The minimum Gasteiger partial charge on any atom is -0.324 e. The van der Waals surface area contributed by atoms with Crippen molar-refractivity contribution in [3.05, 3.63) is 95.9 Å². The SMILES string of the molecule is Cc1cccc(C(=O)Nc2ccc(C)c(Nc3nccc(-c4cccnc4)n3)c2)c1. The zero-order chi connectivity index (χ0) is 20.9. The average molecular weight is 395 g/mol. The summed E-state index contributed by atoms with van der Waals surface area (Å²) in [7, 11) is 0. The second-order valence-corrected chi connectivity index (χ2v) is 6.99. The number of nitrogens with one attached hydrogen (secondary N) is 2. The Kier molecular flexibility index (Phi) is 5.48. The molecule has 0 saturated heterocycles. The van der Waals surface area contributed by atoms with Crippen molar-refractivity contribution in [2.24, 2.45) is 0 Å². The number of hydrogen-bond donors (Lipinski definition) is 2. The third kappa shape index (κ3) is 4.50. The third-order valence-electron chi connectivity index (χ3n) is 4.64. The molecule has 0 aliphatic rings. The number of aryl methyl sites for hydroxylation is 2. The molecule has 6 nitrogen and oxygen atoms in total. The van der Waals surface area contributed by atoms with Crippen LogP contribution in [-0.4, -0.2) is 20.9 Å². The summed E-state index contributed by atoms with van der Waals surface area (Å²) >= 11 is 0. The molecule has 1 amide bonds. The summed E-state index contributed by atoms with van der Waals surface area (Å²) in [6.07, 6.45) is 5.19. The van der Waals surface area contributed by atoms with Crippen molar-refractivity contribution in [2.75, 3.05) is 10.6 Å². The highest BCUT2D eigenvalue weighted by molar-refractivity contribution is 6.04. The highest BCUT2D eigenvalue weighted by Crippen LogP contribution is 2.24. The quantitative estimate of drug-likeness (QED) is 0.488. The smallest absolute Gasteiger partial charge is 0.255 e. The lowest BCUT2D eigenvalue weighted by Gasteiger charge is -2.12. The predicted molar refractivity (Wildman–Crippen MR) is 119 cm³/mol. The van der Waals surface area contributed by atoms with Gasteiger partial charge in [0.2, 0.25) is 5.95 Å². The van der Waals surface area contributed by atoms with E-state index in [1.807, 2.05) is 68.4 Å². The lowest BCUT2D eigenvalue weighted by atomic mass is 10.1. The van der Waals surface area contributed by atoms with Gasteiger partial charge in [-0.1, -0.05) is 23.8 Å². The maximum absolute atomic E-state index is 12.6. The first-order valence-electron chi connectivity index (χ1n) is 9.57. The Hall–Kier alpha value is -4.06. The van der Waals surface area contributed by atoms with Gasteiger partial charge in [-0.2, -0.15) is 0 Å². The van der Waals surface area contributed by atoms with Gasteiger partial charge in [0.15, 0.2) is 0 Å². The van der Waals surface area contributed by atoms with E-state index < -0.39 is 0 Å². The van der Waals surface area contributed by atoms with Gasteiger partial charge in [-0.15, -0.1) is 0 Å². The van der Waals surface area contributed by atoms with Gasteiger partial charge in [0.05, 0.1) is 5.69 Å². The van der Waals surface area contributed by atoms with Gasteiger partial charge in [-0.3, -0.25) is 9.78 Å². The van der Waals surface area contributed by atoms with Gasteiger partial charge in [0, 0.05) is 41.1 Å². The van der Waals surface area contributed by atoms with Crippen molar-refractivity contribution in [1.82, 2.24) is 15.0 Å². The Labute approximate surface area is 175 Å². The molecule has 0 fully saturated rings. The van der Waals surface area contributed by atoms with Crippen LogP contribution in [-0.2, 0) is 0 Å². The average Bonchev–Trinajstić information content (AvgIpc) is 2.77. The Bertz CT molecular complexity index is 1190. The minimum atomic E-state index is -0.150. The molecule has 0 atom stereocenters. The topological polar surface area (TPSA) is 79.8 Å². The molecule has 4 rings (SSSR count). The molecule has 2 aromatic heterocycles. The monoisotopic (exact) mass is 395 g/mol. The fourth-order valence-electron chi connectivity index (χ4n) is 3.04. The predicted octanol–water partition coefficient (Wildman–Crippen LogP) is 5.15. The summed E-state index contributed by atoms with van der Waals surface area (Å²) in [5.41, 5.74) is 5.88. The number of amides is 1. The fraction of sp³-hybridized carbons (Fsp3) is 0.0833. The molecule has 0 aliphatic heterocycles. The third-order valence-corrected chi connectivity index (χ3v) is 4.64. The van der Waals surface area contributed by atoms with E-state index in [1.54, 1.807) is 24.7 Å². The van der Waals surface area contributed by atoms with Crippen LogP contribution in [0.15, 0.2) is 79.3 Å². The highest BCUT2D eigenvalue weighted by Gasteiger charge is 2.09. The van der Waals surface area contributed by atoms with E-state index in [0.29, 0.717) is 17.2 Å². The molecule has 0 bridgehead atoms. The standard InChI is InChI=1S/C24H21N5O/c1-16-5-3-6-18(13-16)23(30)27-20-9-8-17(2)22(14-20)29-24-26-12-10-21(28-24)19-7-4-11-25-15-19/h3-15H,1-2H3,(H,27,30)(H,26,28,29). The summed E-state index contributed by atoms with van der Waals surface area (Å²) < 4.78 is 0. The van der Waals surface area contributed by atoms with Crippen molar-refractivity contribution < 1.29 is 4.79 Å². The summed E-state index contributed by atoms with van der Waals surface area (Å²) in [5.74, 6) is 0.324. The molecule has 0 spiro atoms. The maximum atomic E-state index is 12.6. The number of rotatable bonds is 5. The lowest BCUT2D eigenvalue weighted by molar-refractivity contribution is 0.102. The molecule has 0 unspecified atom stereocenters. The number of pyridine rings is 1. The van der Waals surface area contributed by atoms with Crippen LogP contribution in [0.1, 0.15) is 21.5 Å². The number of carbonyl (C=O) groups is 1. The molecular weight excluding hydrogens is 374 g/mol. The van der Waals surface area contributed by atoms with Gasteiger partial charge in [0.25, 0.3) is 5.91 Å². The van der Waals surface area contributed by atoms with E-state index >= 15 is 0 Å². The van der Waals surface area contributed by atoms with E-state index in [9.17, 15) is 4.79 Å². The van der Waals surface area contributed by atoms with Crippen molar-refractivity contribution in [1.29, 1.82) is 0 Å². The van der Waals surface area contributed by atoms with Crippen LogP contribution in [0.4, 0.5) is 17.3 Å². The van der Waals surface area contributed by atoms with Gasteiger partial charge in [-0.05, 0) is 61.9 Å². The molecule has 0 radical (unpaired) electrons. The molecule has 148 valence electrons. The second-order valence-electron chi connectivity index (χ2n) is 6.99. The van der Waals surface area contributed by atoms with E-state index in [1.165, 1.54) is 0 Å². The van der Waals surface area contributed by atoms with Gasteiger partial charge in [-0.25, -0.2) is 9.97 Å². The van der Waals surface area contributed by atoms with Crippen LogP contribution in [0.5, 0.6) is 0 Å². The summed E-state index contributed by atoms with van der Waals surface area (Å²) in [4.78, 5) is 25.6. The number of hydrogen-bond acceptors (Lipinski definition) is 5. The summed E-state index contributed by atoms with van der Waals surface area (Å²) in [6, 6.07) is 18.9. The van der Waals surface area contributed by atoms with Crippen LogP contribution in [0.25, 0.3) is 11.3 Å². The van der Waals surface area contributed by atoms with Crippen LogP contribution in [0.2, 0.25) is 0 Å². The molecule has 0 aliphatic carbocycles. The van der Waals surface area contributed by atoms with E-state index in [2.05, 4.69) is 25.6 Å². The molecular formula is C24H21N5O. The Balaban J connectivity index is 1.55. The Morgan fingerprint density at radius 1 is 0.933 bits per heavy atom. The fourth-order valence-corrected chi connectivity index (χ4v) is 3.04. The molecule has 6 heteroatoms. The maximum Gasteiger partial charge on any atom is 0.255 e. The van der Waals surface area contributed by atoms with Crippen LogP contribution in [0, 0.1) is 13.8 Å². The van der Waals surface area contributed by atoms with Crippen molar-refractivity contribution in [2.45, 2.75) is 13.8 Å². The first-order chi connectivity index (χ1) is 14.6. The number of aromatic nitrogens is 3. The zero-order valence-electron chi connectivity index (χ0n) is 16.8. The van der Waals surface area contributed by atoms with Crippen LogP contribution >= 0.6 is 0 Å². The number of benzene rings is 2. The normalized spacial score (nSPS) is 10.5.